The Morgan fingerprint density at radius 3 is 2.88 bits per heavy atom. The number of para-hydroxylation sites is 1. The van der Waals surface area contributed by atoms with Crippen LogP contribution in [0.15, 0.2) is 42.7 Å². The molecule has 0 unspecified atom stereocenters. The maximum atomic E-state index is 11.3. The maximum Gasteiger partial charge on any atom is 0.412 e. The van der Waals surface area contributed by atoms with Gasteiger partial charge < -0.3 is 15.0 Å². The number of hydrogen-bond donors (Lipinski definition) is 2. The molecular formula is C11H11N3O2. The smallest absolute Gasteiger partial charge is 0.410 e. The van der Waals surface area contributed by atoms with Crippen LogP contribution >= 0.6 is 0 Å². The van der Waals surface area contributed by atoms with Gasteiger partial charge in [0.25, 0.3) is 0 Å². The molecule has 1 heterocycles. The number of carbonyl (C=O) groups excluding carboxylic acids is 1. The number of amides is 1. The molecule has 0 saturated heterocycles. The lowest BCUT2D eigenvalue weighted by Gasteiger charge is -2.04. The summed E-state index contributed by atoms with van der Waals surface area (Å²) in [6.45, 7) is 0.318. The summed E-state index contributed by atoms with van der Waals surface area (Å²) < 4.78 is 5.02. The van der Waals surface area contributed by atoms with E-state index in [9.17, 15) is 4.79 Å². The highest BCUT2D eigenvalue weighted by Gasteiger charge is 2.03. The van der Waals surface area contributed by atoms with Crippen molar-refractivity contribution in [3.8, 4) is 5.75 Å². The average Bonchev–Trinajstić information content (AvgIpc) is 2.81. The molecule has 2 rings (SSSR count). The third kappa shape index (κ3) is 2.84. The molecule has 0 atom stereocenters. The molecule has 5 heteroatoms. The Morgan fingerprint density at radius 1 is 1.38 bits per heavy atom. The number of benzene rings is 1. The van der Waals surface area contributed by atoms with Crippen molar-refractivity contribution in [2.75, 3.05) is 0 Å². The Hall–Kier alpha value is -2.30. The molecule has 0 radical (unpaired) electrons. The lowest BCUT2D eigenvalue weighted by Crippen LogP contribution is -2.26. The zero-order valence-corrected chi connectivity index (χ0v) is 8.51. The summed E-state index contributed by atoms with van der Waals surface area (Å²) in [5.74, 6) is 1.20. The molecule has 0 saturated carbocycles. The van der Waals surface area contributed by atoms with E-state index in [0.717, 1.165) is 0 Å². The van der Waals surface area contributed by atoms with E-state index in [1.54, 1.807) is 36.7 Å². The van der Waals surface area contributed by atoms with E-state index in [4.69, 9.17) is 4.74 Å². The monoisotopic (exact) mass is 217 g/mol. The van der Waals surface area contributed by atoms with E-state index in [0.29, 0.717) is 18.1 Å². The Labute approximate surface area is 92.5 Å². The van der Waals surface area contributed by atoms with E-state index in [-0.39, 0.29) is 0 Å². The van der Waals surface area contributed by atoms with Gasteiger partial charge in [-0.05, 0) is 12.1 Å². The van der Waals surface area contributed by atoms with Crippen molar-refractivity contribution in [2.24, 2.45) is 0 Å². The summed E-state index contributed by atoms with van der Waals surface area (Å²) in [5.41, 5.74) is 0. The van der Waals surface area contributed by atoms with Crippen LogP contribution in [0.3, 0.4) is 0 Å². The van der Waals surface area contributed by atoms with E-state index < -0.39 is 6.09 Å². The summed E-state index contributed by atoms with van der Waals surface area (Å²) in [6.07, 6.45) is 2.82. The second-order valence-electron chi connectivity index (χ2n) is 3.09. The summed E-state index contributed by atoms with van der Waals surface area (Å²) >= 11 is 0. The molecule has 0 spiro atoms. The molecule has 1 aromatic carbocycles. The second kappa shape index (κ2) is 4.97. The number of carbonyl (C=O) groups is 1. The van der Waals surface area contributed by atoms with Gasteiger partial charge in [0.2, 0.25) is 0 Å². The predicted molar refractivity (Wildman–Crippen MR) is 57.9 cm³/mol. The van der Waals surface area contributed by atoms with Crippen molar-refractivity contribution in [1.29, 1.82) is 0 Å². The Morgan fingerprint density at radius 2 is 2.19 bits per heavy atom. The molecule has 1 aromatic heterocycles. The summed E-state index contributed by atoms with van der Waals surface area (Å²) in [5, 5.41) is 2.58. The van der Waals surface area contributed by atoms with Gasteiger partial charge in [-0.15, -0.1) is 0 Å². The van der Waals surface area contributed by atoms with Crippen LogP contribution in [0, 0.1) is 0 Å². The Kier molecular flexibility index (Phi) is 3.18. The van der Waals surface area contributed by atoms with Crippen LogP contribution in [0.5, 0.6) is 5.75 Å². The predicted octanol–water partition coefficient (Wildman–Crippen LogP) is 1.70. The molecule has 0 aliphatic heterocycles. The molecule has 2 N–H and O–H groups in total. The van der Waals surface area contributed by atoms with E-state index in [1.807, 2.05) is 6.07 Å². The number of aromatic amines is 1. The lowest BCUT2D eigenvalue weighted by molar-refractivity contribution is 0.199. The SMILES string of the molecule is O=C(NCc1ncc[nH]1)Oc1ccccc1. The minimum atomic E-state index is -0.498. The zero-order valence-electron chi connectivity index (χ0n) is 8.51. The lowest BCUT2D eigenvalue weighted by atomic mass is 10.3. The average molecular weight is 217 g/mol. The summed E-state index contributed by atoms with van der Waals surface area (Å²) in [7, 11) is 0. The number of rotatable bonds is 3. The number of nitrogens with zero attached hydrogens (tertiary/aromatic N) is 1. The molecule has 0 fully saturated rings. The third-order valence-corrected chi connectivity index (χ3v) is 1.91. The third-order valence-electron chi connectivity index (χ3n) is 1.91. The molecule has 1 amide bonds. The highest BCUT2D eigenvalue weighted by atomic mass is 16.6. The normalized spacial score (nSPS) is 9.75. The number of H-pyrrole nitrogens is 1. The van der Waals surface area contributed by atoms with Crippen LogP contribution in [-0.4, -0.2) is 16.1 Å². The van der Waals surface area contributed by atoms with Crippen molar-refractivity contribution < 1.29 is 9.53 Å². The number of aromatic nitrogens is 2. The van der Waals surface area contributed by atoms with Crippen LogP contribution < -0.4 is 10.1 Å². The van der Waals surface area contributed by atoms with Crippen LogP contribution in [-0.2, 0) is 6.54 Å². The topological polar surface area (TPSA) is 67.0 Å². The Balaban J connectivity index is 1.81. The van der Waals surface area contributed by atoms with Crippen LogP contribution in [0.25, 0.3) is 0 Å². The van der Waals surface area contributed by atoms with Gasteiger partial charge in [0, 0.05) is 12.4 Å². The quantitative estimate of drug-likeness (QED) is 0.822. The first-order valence-electron chi connectivity index (χ1n) is 4.83. The summed E-state index contributed by atoms with van der Waals surface area (Å²) in [6, 6.07) is 8.89. The zero-order chi connectivity index (χ0) is 11.2. The van der Waals surface area contributed by atoms with Crippen molar-refractivity contribution in [2.45, 2.75) is 6.54 Å². The van der Waals surface area contributed by atoms with E-state index in [1.165, 1.54) is 0 Å². The molecule has 16 heavy (non-hydrogen) atoms. The van der Waals surface area contributed by atoms with Gasteiger partial charge in [0.15, 0.2) is 0 Å². The minimum Gasteiger partial charge on any atom is -0.410 e. The molecule has 0 aliphatic carbocycles. The van der Waals surface area contributed by atoms with Gasteiger partial charge in [0.05, 0.1) is 6.54 Å². The fourth-order valence-electron chi connectivity index (χ4n) is 1.18. The van der Waals surface area contributed by atoms with Gasteiger partial charge in [-0.2, -0.15) is 0 Å². The van der Waals surface area contributed by atoms with Crippen molar-refractivity contribution in [1.82, 2.24) is 15.3 Å². The van der Waals surface area contributed by atoms with Gasteiger partial charge in [-0.25, -0.2) is 9.78 Å². The molecule has 5 nitrogen and oxygen atoms in total. The highest BCUT2D eigenvalue weighted by molar-refractivity contribution is 5.70. The standard InChI is InChI=1S/C11H11N3O2/c15-11(14-8-10-12-6-7-13-10)16-9-4-2-1-3-5-9/h1-7H,8H2,(H,12,13)(H,14,15). The van der Waals surface area contributed by atoms with Gasteiger partial charge in [0.1, 0.15) is 11.6 Å². The number of hydrogen-bond acceptors (Lipinski definition) is 3. The fourth-order valence-corrected chi connectivity index (χ4v) is 1.18. The van der Waals surface area contributed by atoms with Crippen LogP contribution in [0.1, 0.15) is 5.82 Å². The number of ether oxygens (including phenoxy) is 1. The van der Waals surface area contributed by atoms with E-state index in [2.05, 4.69) is 15.3 Å². The molecular weight excluding hydrogens is 206 g/mol. The largest absolute Gasteiger partial charge is 0.412 e. The first kappa shape index (κ1) is 10.2. The van der Waals surface area contributed by atoms with E-state index >= 15 is 0 Å². The molecule has 0 aliphatic rings. The van der Waals surface area contributed by atoms with Gasteiger partial charge >= 0.3 is 6.09 Å². The molecule has 82 valence electrons. The van der Waals surface area contributed by atoms with Crippen LogP contribution in [0.2, 0.25) is 0 Å². The van der Waals surface area contributed by atoms with Crippen LogP contribution in [0.4, 0.5) is 4.79 Å². The number of nitrogens with one attached hydrogen (secondary N) is 2. The van der Waals surface area contributed by atoms with Gasteiger partial charge in [-0.1, -0.05) is 18.2 Å². The Bertz CT molecular complexity index is 440. The first-order chi connectivity index (χ1) is 7.84. The molecule has 0 bridgehead atoms. The van der Waals surface area contributed by atoms with Crippen molar-refractivity contribution >= 4 is 6.09 Å². The van der Waals surface area contributed by atoms with Crippen molar-refractivity contribution in [3.63, 3.8) is 0 Å². The first-order valence-corrected chi connectivity index (χ1v) is 4.83. The second-order valence-corrected chi connectivity index (χ2v) is 3.09. The maximum absolute atomic E-state index is 11.3. The molecule has 2 aromatic rings. The number of imidazole rings is 1. The van der Waals surface area contributed by atoms with Gasteiger partial charge in [-0.3, -0.25) is 0 Å². The van der Waals surface area contributed by atoms with Crippen molar-refractivity contribution in [3.05, 3.63) is 48.5 Å². The highest BCUT2D eigenvalue weighted by Crippen LogP contribution is 2.08. The minimum absolute atomic E-state index is 0.318. The fraction of sp³-hybridized carbons (Fsp3) is 0.0909. The summed E-state index contributed by atoms with van der Waals surface area (Å²) in [4.78, 5) is 18.2.